The lowest BCUT2D eigenvalue weighted by Gasteiger charge is -2.13. The zero-order valence-corrected chi connectivity index (χ0v) is 17.0. The van der Waals surface area contributed by atoms with Crippen molar-refractivity contribution in [2.75, 3.05) is 11.9 Å². The molecular weight excluding hydrogens is 443 g/mol. The highest BCUT2D eigenvalue weighted by Gasteiger charge is 2.35. The molecule has 0 saturated carbocycles. The highest BCUT2D eigenvalue weighted by Crippen LogP contribution is 2.34. The van der Waals surface area contributed by atoms with Crippen LogP contribution in [0, 0.1) is 11.6 Å². The summed E-state index contributed by atoms with van der Waals surface area (Å²) < 4.78 is 68.2. The highest BCUT2D eigenvalue weighted by molar-refractivity contribution is 6.06. The van der Waals surface area contributed by atoms with Crippen LogP contribution in [0.4, 0.5) is 27.6 Å². The molecule has 0 fully saturated rings. The fourth-order valence-corrected chi connectivity index (χ4v) is 3.70. The van der Waals surface area contributed by atoms with Crippen LogP contribution in [0.2, 0.25) is 0 Å². The van der Waals surface area contributed by atoms with Gasteiger partial charge in [0.1, 0.15) is 11.6 Å². The van der Waals surface area contributed by atoms with Gasteiger partial charge in [-0.2, -0.15) is 13.2 Å². The van der Waals surface area contributed by atoms with E-state index in [-0.39, 0.29) is 24.9 Å². The van der Waals surface area contributed by atoms with Crippen LogP contribution in [-0.2, 0) is 12.7 Å². The maximum absolute atomic E-state index is 13.3. The molecular formula is C24H17F5N2O2. The van der Waals surface area contributed by atoms with E-state index in [1.54, 1.807) is 30.3 Å². The predicted molar refractivity (Wildman–Crippen MR) is 114 cm³/mol. The third kappa shape index (κ3) is 4.58. The number of amides is 1. The number of halogens is 5. The smallest absolute Gasteiger partial charge is 0.395 e. The van der Waals surface area contributed by atoms with E-state index in [1.807, 2.05) is 4.57 Å². The van der Waals surface area contributed by atoms with Gasteiger partial charge in [-0.05, 0) is 72.3 Å². The summed E-state index contributed by atoms with van der Waals surface area (Å²) in [5, 5.41) is 12.5. The number of alkyl halides is 3. The molecule has 0 bridgehead atoms. The molecule has 2 N–H and O–H groups in total. The summed E-state index contributed by atoms with van der Waals surface area (Å²) >= 11 is 0. The van der Waals surface area contributed by atoms with Crippen molar-refractivity contribution >= 4 is 22.5 Å². The molecule has 0 aliphatic rings. The lowest BCUT2D eigenvalue weighted by Crippen LogP contribution is -2.19. The van der Waals surface area contributed by atoms with E-state index >= 15 is 0 Å². The quantitative estimate of drug-likeness (QED) is 0.367. The van der Waals surface area contributed by atoms with Gasteiger partial charge in [0, 0.05) is 28.8 Å². The largest absolute Gasteiger partial charge is 0.417 e. The van der Waals surface area contributed by atoms with Gasteiger partial charge in [-0.3, -0.25) is 4.79 Å². The van der Waals surface area contributed by atoms with Crippen LogP contribution < -0.4 is 5.32 Å². The molecule has 9 heteroatoms. The minimum Gasteiger partial charge on any atom is -0.395 e. The molecule has 33 heavy (non-hydrogen) atoms. The van der Waals surface area contributed by atoms with E-state index in [0.29, 0.717) is 22.2 Å². The Balaban J connectivity index is 1.71. The van der Waals surface area contributed by atoms with Crippen molar-refractivity contribution in [3.05, 3.63) is 89.5 Å². The summed E-state index contributed by atoms with van der Waals surface area (Å²) in [4.78, 5) is 12.5. The molecule has 1 amide bonds. The normalized spacial score (nSPS) is 11.7. The number of anilines is 1. The first-order valence-corrected chi connectivity index (χ1v) is 9.85. The zero-order chi connectivity index (χ0) is 23.8. The van der Waals surface area contributed by atoms with Crippen molar-refractivity contribution in [1.29, 1.82) is 0 Å². The summed E-state index contributed by atoms with van der Waals surface area (Å²) in [6.45, 7) is 0.105. The van der Waals surface area contributed by atoms with Crippen molar-refractivity contribution in [3.8, 4) is 11.3 Å². The summed E-state index contributed by atoms with van der Waals surface area (Å²) in [5.74, 6) is -2.53. The molecule has 1 heterocycles. The Hall–Kier alpha value is -3.72. The molecule has 4 rings (SSSR count). The Morgan fingerprint density at radius 1 is 0.909 bits per heavy atom. The molecule has 0 radical (unpaired) electrons. The lowest BCUT2D eigenvalue weighted by atomic mass is 10.1. The fraction of sp³-hybridized carbons (Fsp3) is 0.125. The number of aliphatic hydroxyl groups is 1. The Kier molecular flexibility index (Phi) is 5.90. The summed E-state index contributed by atoms with van der Waals surface area (Å²) in [6.07, 6.45) is -4.90. The molecule has 0 saturated heterocycles. The first-order chi connectivity index (χ1) is 15.7. The second-order valence-electron chi connectivity index (χ2n) is 7.33. The molecule has 0 aliphatic carbocycles. The first-order valence-electron chi connectivity index (χ1n) is 9.85. The average molecular weight is 460 g/mol. The van der Waals surface area contributed by atoms with Crippen LogP contribution in [0.15, 0.2) is 66.7 Å². The molecule has 170 valence electrons. The number of carbonyl (C=O) groups excluding carboxylic acids is 1. The van der Waals surface area contributed by atoms with E-state index in [2.05, 4.69) is 5.32 Å². The number of nitrogens with zero attached hydrogens (tertiary/aromatic N) is 1. The lowest BCUT2D eigenvalue weighted by molar-refractivity contribution is -0.138. The van der Waals surface area contributed by atoms with Crippen molar-refractivity contribution in [2.24, 2.45) is 0 Å². The number of aromatic nitrogens is 1. The number of aliphatic hydroxyl groups excluding tert-OH is 1. The number of carbonyl (C=O) groups is 1. The standard InChI is InChI=1S/C24H17F5N2O2/c25-16-3-1-14(2-4-16)22-12-15-11-18(6-8-21(15)31(22)9-10-32)30-23(33)19-7-5-17(26)13-20(19)24(27,28)29/h1-8,11-13,32H,9-10H2,(H,30,33). The Bertz CT molecular complexity index is 1330. The van der Waals surface area contributed by atoms with Crippen LogP contribution in [0.5, 0.6) is 0 Å². The number of benzene rings is 3. The van der Waals surface area contributed by atoms with Crippen molar-refractivity contribution in [2.45, 2.75) is 12.7 Å². The van der Waals surface area contributed by atoms with E-state index < -0.39 is 34.8 Å². The predicted octanol–water partition coefficient (Wildman–Crippen LogP) is 5.85. The Morgan fingerprint density at radius 3 is 2.27 bits per heavy atom. The van der Waals surface area contributed by atoms with Crippen molar-refractivity contribution in [1.82, 2.24) is 4.57 Å². The minimum atomic E-state index is -4.90. The van der Waals surface area contributed by atoms with Gasteiger partial charge in [0.25, 0.3) is 5.91 Å². The van der Waals surface area contributed by atoms with Crippen molar-refractivity contribution in [3.63, 3.8) is 0 Å². The maximum Gasteiger partial charge on any atom is 0.417 e. The molecule has 1 aromatic heterocycles. The van der Waals surface area contributed by atoms with Gasteiger partial charge in [0.05, 0.1) is 17.7 Å². The summed E-state index contributed by atoms with van der Waals surface area (Å²) in [5.41, 5.74) is 0.270. The van der Waals surface area contributed by atoms with Gasteiger partial charge >= 0.3 is 6.18 Å². The van der Waals surface area contributed by atoms with Crippen molar-refractivity contribution < 1.29 is 31.9 Å². The minimum absolute atomic E-state index is 0.152. The number of fused-ring (bicyclic) bond motifs is 1. The number of rotatable bonds is 5. The molecule has 0 unspecified atom stereocenters. The van der Waals surface area contributed by atoms with Gasteiger partial charge in [0.15, 0.2) is 0 Å². The maximum atomic E-state index is 13.3. The van der Waals surface area contributed by atoms with E-state index in [4.69, 9.17) is 0 Å². The zero-order valence-electron chi connectivity index (χ0n) is 17.0. The third-order valence-electron chi connectivity index (χ3n) is 5.15. The topological polar surface area (TPSA) is 54.3 Å². The van der Waals surface area contributed by atoms with Gasteiger partial charge in [0.2, 0.25) is 0 Å². The van der Waals surface area contributed by atoms with Crippen LogP contribution in [-0.4, -0.2) is 22.2 Å². The average Bonchev–Trinajstić information content (AvgIpc) is 3.11. The summed E-state index contributed by atoms with van der Waals surface area (Å²) in [7, 11) is 0. The second-order valence-corrected chi connectivity index (χ2v) is 7.33. The van der Waals surface area contributed by atoms with Gasteiger partial charge in [-0.25, -0.2) is 8.78 Å². The monoisotopic (exact) mass is 460 g/mol. The Labute approximate surface area is 184 Å². The van der Waals surface area contributed by atoms with E-state index in [0.717, 1.165) is 12.1 Å². The first kappa shape index (κ1) is 22.5. The van der Waals surface area contributed by atoms with E-state index in [1.165, 1.54) is 18.2 Å². The van der Waals surface area contributed by atoms with Gasteiger partial charge in [-0.1, -0.05) is 0 Å². The van der Waals surface area contributed by atoms with Crippen LogP contribution in [0.25, 0.3) is 22.2 Å². The third-order valence-corrected chi connectivity index (χ3v) is 5.15. The molecule has 0 aliphatic heterocycles. The molecule has 4 aromatic rings. The number of nitrogens with one attached hydrogen (secondary N) is 1. The SMILES string of the molecule is O=C(Nc1ccc2c(c1)cc(-c1ccc(F)cc1)n2CCO)c1ccc(F)cc1C(F)(F)F. The second kappa shape index (κ2) is 8.67. The van der Waals surface area contributed by atoms with Gasteiger partial charge < -0.3 is 15.0 Å². The highest BCUT2D eigenvalue weighted by atomic mass is 19.4. The molecule has 3 aromatic carbocycles. The summed E-state index contributed by atoms with van der Waals surface area (Å²) in [6, 6.07) is 14.2. The van der Waals surface area contributed by atoms with E-state index in [9.17, 15) is 31.9 Å². The Morgan fingerprint density at radius 2 is 1.61 bits per heavy atom. The fourth-order valence-electron chi connectivity index (χ4n) is 3.70. The molecule has 4 nitrogen and oxygen atoms in total. The molecule has 0 atom stereocenters. The number of hydrogen-bond donors (Lipinski definition) is 2. The van der Waals surface area contributed by atoms with Gasteiger partial charge in [-0.15, -0.1) is 0 Å². The van der Waals surface area contributed by atoms with Crippen LogP contribution >= 0.6 is 0 Å². The molecule has 0 spiro atoms. The van der Waals surface area contributed by atoms with Crippen LogP contribution in [0.1, 0.15) is 15.9 Å². The number of hydrogen-bond acceptors (Lipinski definition) is 2. The van der Waals surface area contributed by atoms with Crippen LogP contribution in [0.3, 0.4) is 0 Å².